The van der Waals surface area contributed by atoms with Gasteiger partial charge in [0.25, 0.3) is 5.56 Å². The summed E-state index contributed by atoms with van der Waals surface area (Å²) in [5.74, 6) is 0.516. The Bertz CT molecular complexity index is 959. The second kappa shape index (κ2) is 7.01. The fourth-order valence-corrected chi connectivity index (χ4v) is 2.94. The zero-order valence-electron chi connectivity index (χ0n) is 14.2. The van der Waals surface area contributed by atoms with Crippen molar-refractivity contribution in [2.75, 3.05) is 18.5 Å². The Hall–Kier alpha value is -3.13. The summed E-state index contributed by atoms with van der Waals surface area (Å²) in [5.41, 5.74) is 2.23. The lowest BCUT2D eigenvalue weighted by atomic mass is 10.1. The van der Waals surface area contributed by atoms with E-state index in [-0.39, 0.29) is 17.6 Å². The van der Waals surface area contributed by atoms with Gasteiger partial charge in [0.2, 0.25) is 5.95 Å². The van der Waals surface area contributed by atoms with Gasteiger partial charge in [0.15, 0.2) is 0 Å². The van der Waals surface area contributed by atoms with E-state index in [0.29, 0.717) is 24.9 Å². The number of rotatable bonds is 4. The summed E-state index contributed by atoms with van der Waals surface area (Å²) in [6.07, 6.45) is 5.12. The summed E-state index contributed by atoms with van der Waals surface area (Å²) in [6, 6.07) is 8.41. The molecule has 1 saturated heterocycles. The first kappa shape index (κ1) is 16.3. The minimum atomic E-state index is -0.247. The van der Waals surface area contributed by atoms with E-state index >= 15 is 0 Å². The molecule has 2 unspecified atom stereocenters. The number of anilines is 1. The van der Waals surface area contributed by atoms with Gasteiger partial charge in [0, 0.05) is 35.9 Å². The van der Waals surface area contributed by atoms with E-state index in [2.05, 4.69) is 25.4 Å². The van der Waals surface area contributed by atoms with E-state index < -0.39 is 0 Å². The molecular formula is C18H18N6O2. The van der Waals surface area contributed by atoms with Gasteiger partial charge in [-0.15, -0.1) is 0 Å². The fourth-order valence-electron chi connectivity index (χ4n) is 2.94. The first-order valence-corrected chi connectivity index (χ1v) is 8.35. The van der Waals surface area contributed by atoms with Crippen molar-refractivity contribution in [1.82, 2.24) is 24.7 Å². The molecule has 3 aromatic rings. The predicted molar refractivity (Wildman–Crippen MR) is 95.8 cm³/mol. The van der Waals surface area contributed by atoms with E-state index in [1.165, 1.54) is 10.7 Å². The monoisotopic (exact) mass is 350 g/mol. The molecule has 1 aliphatic heterocycles. The van der Waals surface area contributed by atoms with Crippen LogP contribution in [0.3, 0.4) is 0 Å². The molecule has 1 N–H and O–H groups in total. The zero-order chi connectivity index (χ0) is 17.9. The van der Waals surface area contributed by atoms with Crippen LogP contribution in [0.4, 0.5) is 5.95 Å². The van der Waals surface area contributed by atoms with E-state index in [1.807, 2.05) is 25.1 Å². The lowest BCUT2D eigenvalue weighted by molar-refractivity contribution is 0.183. The topological polar surface area (TPSA) is 94.8 Å². The largest absolute Gasteiger partial charge is 0.377 e. The molecule has 0 saturated carbocycles. The summed E-state index contributed by atoms with van der Waals surface area (Å²) >= 11 is 0. The van der Waals surface area contributed by atoms with Crippen LogP contribution in [0, 0.1) is 6.92 Å². The zero-order valence-corrected chi connectivity index (χ0v) is 14.2. The van der Waals surface area contributed by atoms with Crippen molar-refractivity contribution in [3.8, 4) is 11.3 Å². The van der Waals surface area contributed by atoms with Gasteiger partial charge >= 0.3 is 0 Å². The number of ether oxygens (including phenoxy) is 1. The molecule has 26 heavy (non-hydrogen) atoms. The van der Waals surface area contributed by atoms with Crippen LogP contribution < -0.4 is 10.9 Å². The number of aryl methyl sites for hydroxylation is 1. The van der Waals surface area contributed by atoms with Gasteiger partial charge in [0.05, 0.1) is 24.9 Å². The van der Waals surface area contributed by atoms with Crippen molar-refractivity contribution in [2.24, 2.45) is 0 Å². The number of aromatic nitrogens is 5. The maximum absolute atomic E-state index is 12.4. The van der Waals surface area contributed by atoms with Crippen LogP contribution in [-0.2, 0) is 4.74 Å². The molecule has 0 radical (unpaired) electrons. The van der Waals surface area contributed by atoms with E-state index in [9.17, 15) is 4.79 Å². The second-order valence-corrected chi connectivity index (χ2v) is 6.12. The van der Waals surface area contributed by atoms with E-state index in [1.54, 1.807) is 24.7 Å². The average Bonchev–Trinajstić information content (AvgIpc) is 3.11. The van der Waals surface area contributed by atoms with Gasteiger partial charge in [-0.2, -0.15) is 5.10 Å². The summed E-state index contributed by atoms with van der Waals surface area (Å²) < 4.78 is 7.07. The highest BCUT2D eigenvalue weighted by atomic mass is 16.5. The van der Waals surface area contributed by atoms with Gasteiger partial charge in [-0.3, -0.25) is 9.78 Å². The fraction of sp³-hybridized carbons (Fsp3) is 0.278. The van der Waals surface area contributed by atoms with Crippen molar-refractivity contribution < 1.29 is 4.74 Å². The van der Waals surface area contributed by atoms with Crippen molar-refractivity contribution in [2.45, 2.75) is 19.0 Å². The summed E-state index contributed by atoms with van der Waals surface area (Å²) in [4.78, 5) is 25.1. The molecule has 0 amide bonds. The Balaban J connectivity index is 1.64. The first-order chi connectivity index (χ1) is 12.7. The Labute approximate surface area is 149 Å². The van der Waals surface area contributed by atoms with Crippen LogP contribution in [0.15, 0.2) is 53.7 Å². The lowest BCUT2D eigenvalue weighted by Gasteiger charge is -2.20. The third-order valence-electron chi connectivity index (χ3n) is 4.26. The molecule has 132 valence electrons. The summed E-state index contributed by atoms with van der Waals surface area (Å²) in [6.45, 7) is 2.75. The standard InChI is InChI=1S/C18H18N6O2/c1-12-6-8-20-18(21-12)22-15-10-26-11-16(15)24-17(25)5-4-14(23-24)13-3-2-7-19-9-13/h2-9,15-16H,10-11H2,1H3,(H,20,21,22). The van der Waals surface area contributed by atoms with Gasteiger partial charge in [0.1, 0.15) is 6.04 Å². The molecule has 0 spiro atoms. The van der Waals surface area contributed by atoms with Gasteiger partial charge in [-0.05, 0) is 31.2 Å². The molecule has 3 aromatic heterocycles. The van der Waals surface area contributed by atoms with Crippen molar-refractivity contribution in [1.29, 1.82) is 0 Å². The molecule has 1 aliphatic rings. The molecule has 4 heterocycles. The Morgan fingerprint density at radius 3 is 2.92 bits per heavy atom. The van der Waals surface area contributed by atoms with Crippen LogP contribution in [-0.4, -0.2) is 44.0 Å². The Morgan fingerprint density at radius 1 is 1.19 bits per heavy atom. The number of hydrogen-bond donors (Lipinski definition) is 1. The molecule has 1 fully saturated rings. The highest BCUT2D eigenvalue weighted by molar-refractivity contribution is 5.56. The van der Waals surface area contributed by atoms with E-state index in [4.69, 9.17) is 4.74 Å². The van der Waals surface area contributed by atoms with Crippen LogP contribution in [0.1, 0.15) is 11.7 Å². The van der Waals surface area contributed by atoms with Crippen LogP contribution in [0.2, 0.25) is 0 Å². The highest BCUT2D eigenvalue weighted by Gasteiger charge is 2.32. The van der Waals surface area contributed by atoms with Crippen molar-refractivity contribution in [3.05, 3.63) is 65.0 Å². The number of nitrogens with zero attached hydrogens (tertiary/aromatic N) is 5. The van der Waals surface area contributed by atoms with Crippen molar-refractivity contribution in [3.63, 3.8) is 0 Å². The van der Waals surface area contributed by atoms with Crippen LogP contribution >= 0.6 is 0 Å². The maximum atomic E-state index is 12.4. The quantitative estimate of drug-likeness (QED) is 0.761. The molecule has 8 nitrogen and oxygen atoms in total. The Kier molecular flexibility index (Phi) is 4.40. The number of hydrogen-bond acceptors (Lipinski definition) is 7. The lowest BCUT2D eigenvalue weighted by Crippen LogP contribution is -2.37. The molecule has 4 rings (SSSR count). The van der Waals surface area contributed by atoms with Crippen LogP contribution in [0.5, 0.6) is 0 Å². The third kappa shape index (κ3) is 3.31. The molecule has 0 aliphatic carbocycles. The highest BCUT2D eigenvalue weighted by Crippen LogP contribution is 2.22. The maximum Gasteiger partial charge on any atom is 0.267 e. The second-order valence-electron chi connectivity index (χ2n) is 6.12. The molecule has 2 atom stereocenters. The minimum absolute atomic E-state index is 0.147. The van der Waals surface area contributed by atoms with Gasteiger partial charge in [-0.1, -0.05) is 0 Å². The third-order valence-corrected chi connectivity index (χ3v) is 4.26. The van der Waals surface area contributed by atoms with Gasteiger partial charge in [-0.25, -0.2) is 14.6 Å². The smallest absolute Gasteiger partial charge is 0.267 e. The Morgan fingerprint density at radius 2 is 2.12 bits per heavy atom. The molecule has 8 heteroatoms. The first-order valence-electron chi connectivity index (χ1n) is 8.35. The normalized spacial score (nSPS) is 19.4. The minimum Gasteiger partial charge on any atom is -0.377 e. The number of nitrogens with one attached hydrogen (secondary N) is 1. The number of pyridine rings is 1. The summed E-state index contributed by atoms with van der Waals surface area (Å²) in [7, 11) is 0. The molecular weight excluding hydrogens is 332 g/mol. The van der Waals surface area contributed by atoms with Crippen molar-refractivity contribution >= 4 is 5.95 Å². The van der Waals surface area contributed by atoms with E-state index in [0.717, 1.165) is 11.3 Å². The SMILES string of the molecule is Cc1ccnc(NC2COCC2n2nc(-c3cccnc3)ccc2=O)n1. The summed E-state index contributed by atoms with van der Waals surface area (Å²) in [5, 5.41) is 7.79. The van der Waals surface area contributed by atoms with Crippen LogP contribution in [0.25, 0.3) is 11.3 Å². The predicted octanol–water partition coefficient (Wildman–Crippen LogP) is 1.46. The average molecular weight is 350 g/mol. The molecule has 0 bridgehead atoms. The van der Waals surface area contributed by atoms with Gasteiger partial charge < -0.3 is 10.1 Å². The molecule has 0 aromatic carbocycles.